The molecule has 0 radical (unpaired) electrons. The highest BCUT2D eigenvalue weighted by molar-refractivity contribution is 5.82. The van der Waals surface area contributed by atoms with E-state index in [0.717, 1.165) is 5.69 Å². The monoisotopic (exact) mass is 233 g/mol. The van der Waals surface area contributed by atoms with Gasteiger partial charge in [-0.2, -0.15) is 0 Å². The molecule has 17 heavy (non-hydrogen) atoms. The molecule has 1 N–H and O–H groups in total. The van der Waals surface area contributed by atoms with Crippen molar-refractivity contribution in [1.82, 2.24) is 0 Å². The van der Waals surface area contributed by atoms with Gasteiger partial charge in [0.25, 0.3) is 0 Å². The summed E-state index contributed by atoms with van der Waals surface area (Å²) in [5, 5.41) is 3.01. The van der Waals surface area contributed by atoms with Gasteiger partial charge in [0, 0.05) is 18.0 Å². The second-order valence-electron chi connectivity index (χ2n) is 4.83. The molecule has 0 atom stereocenters. The Kier molecular flexibility index (Phi) is 4.32. The minimum absolute atomic E-state index is 0.153. The van der Waals surface area contributed by atoms with Crippen molar-refractivity contribution in [3.05, 3.63) is 42.1 Å². The normalized spacial score (nSPS) is 11.5. The Hall–Kier alpha value is -1.77. The van der Waals surface area contributed by atoms with E-state index in [4.69, 9.17) is 0 Å². The second kappa shape index (κ2) is 5.53. The van der Waals surface area contributed by atoms with Crippen molar-refractivity contribution in [2.75, 3.05) is 12.4 Å². The number of carbonyl (C=O) groups excluding carboxylic acids is 1. The Balaban J connectivity index is 2.63. The summed E-state index contributed by atoms with van der Waals surface area (Å²) in [6, 6.07) is 8.13. The summed E-state index contributed by atoms with van der Waals surface area (Å²) < 4.78 is 4.49. The van der Waals surface area contributed by atoms with E-state index in [-0.39, 0.29) is 11.4 Å². The number of anilines is 1. The van der Waals surface area contributed by atoms with Gasteiger partial charge in [-0.05, 0) is 23.1 Å². The largest absolute Gasteiger partial charge is 0.466 e. The summed E-state index contributed by atoms with van der Waals surface area (Å²) in [5.41, 5.74) is 2.37. The molecule has 0 saturated heterocycles. The van der Waals surface area contributed by atoms with Crippen LogP contribution in [-0.2, 0) is 14.9 Å². The van der Waals surface area contributed by atoms with Gasteiger partial charge in [-0.15, -0.1) is 0 Å². The van der Waals surface area contributed by atoms with E-state index < -0.39 is 0 Å². The van der Waals surface area contributed by atoms with Gasteiger partial charge in [0.05, 0.1) is 7.11 Å². The van der Waals surface area contributed by atoms with Crippen LogP contribution in [0.1, 0.15) is 26.3 Å². The summed E-state index contributed by atoms with van der Waals surface area (Å²) in [5.74, 6) is -0.371. The molecule has 1 aromatic carbocycles. The van der Waals surface area contributed by atoms with Crippen molar-refractivity contribution in [2.24, 2.45) is 0 Å². The van der Waals surface area contributed by atoms with Crippen molar-refractivity contribution >= 4 is 11.7 Å². The van der Waals surface area contributed by atoms with Gasteiger partial charge in [-0.25, -0.2) is 4.79 Å². The predicted molar refractivity (Wildman–Crippen MR) is 69.9 cm³/mol. The summed E-state index contributed by atoms with van der Waals surface area (Å²) in [7, 11) is 1.35. The van der Waals surface area contributed by atoms with Gasteiger partial charge < -0.3 is 10.1 Å². The number of hydrogen-bond acceptors (Lipinski definition) is 3. The van der Waals surface area contributed by atoms with E-state index >= 15 is 0 Å². The number of ether oxygens (including phenoxy) is 1. The number of methoxy groups -OCH3 is 1. The molecule has 0 aliphatic heterocycles. The van der Waals surface area contributed by atoms with Gasteiger partial charge in [0.2, 0.25) is 0 Å². The SMILES string of the molecule is COC(=O)/C=C/Nc1ccc(C(C)(C)C)cc1. The van der Waals surface area contributed by atoms with Crippen LogP contribution in [0.5, 0.6) is 0 Å². The van der Waals surface area contributed by atoms with Crippen molar-refractivity contribution in [1.29, 1.82) is 0 Å². The van der Waals surface area contributed by atoms with E-state index in [1.807, 2.05) is 12.1 Å². The lowest BCUT2D eigenvalue weighted by Gasteiger charge is -2.19. The maximum atomic E-state index is 10.8. The van der Waals surface area contributed by atoms with E-state index in [1.165, 1.54) is 18.7 Å². The molecule has 0 saturated carbocycles. The molecule has 0 amide bonds. The molecule has 0 heterocycles. The first-order valence-electron chi connectivity index (χ1n) is 5.55. The number of rotatable bonds is 3. The molecule has 3 nitrogen and oxygen atoms in total. The number of esters is 1. The molecule has 0 unspecified atom stereocenters. The number of nitrogens with one attached hydrogen (secondary N) is 1. The zero-order valence-corrected chi connectivity index (χ0v) is 10.8. The van der Waals surface area contributed by atoms with Crippen LogP contribution in [0.4, 0.5) is 5.69 Å². The zero-order chi connectivity index (χ0) is 12.9. The van der Waals surface area contributed by atoms with Crippen LogP contribution in [0.15, 0.2) is 36.5 Å². The van der Waals surface area contributed by atoms with Crippen LogP contribution in [0.3, 0.4) is 0 Å². The number of carbonyl (C=O) groups is 1. The van der Waals surface area contributed by atoms with E-state index in [0.29, 0.717) is 0 Å². The quantitative estimate of drug-likeness (QED) is 0.644. The molecule has 0 bridgehead atoms. The third kappa shape index (κ3) is 4.31. The van der Waals surface area contributed by atoms with Gasteiger partial charge in [0.15, 0.2) is 0 Å². The van der Waals surface area contributed by atoms with Crippen molar-refractivity contribution in [3.63, 3.8) is 0 Å². The average Bonchev–Trinajstić information content (AvgIpc) is 2.28. The Labute approximate surface area is 102 Å². The standard InChI is InChI=1S/C14H19NO2/c1-14(2,3)11-5-7-12(8-6-11)15-10-9-13(16)17-4/h5-10,15H,1-4H3/b10-9+. The molecule has 0 aliphatic rings. The summed E-state index contributed by atoms with van der Waals surface area (Å²) in [6.45, 7) is 6.52. The van der Waals surface area contributed by atoms with Crippen LogP contribution < -0.4 is 5.32 Å². The molecule has 1 rings (SSSR count). The third-order valence-electron chi connectivity index (χ3n) is 2.42. The van der Waals surface area contributed by atoms with E-state index in [2.05, 4.69) is 43.0 Å². The molecule has 0 aromatic heterocycles. The lowest BCUT2D eigenvalue weighted by Crippen LogP contribution is -2.10. The molecule has 0 fully saturated rings. The predicted octanol–water partition coefficient (Wildman–Crippen LogP) is 3.08. The first-order chi connectivity index (χ1) is 7.93. The Morgan fingerprint density at radius 2 is 1.82 bits per heavy atom. The highest BCUT2D eigenvalue weighted by Gasteiger charge is 2.12. The molecular weight excluding hydrogens is 214 g/mol. The minimum Gasteiger partial charge on any atom is -0.466 e. The molecule has 3 heteroatoms. The fourth-order valence-electron chi connectivity index (χ4n) is 1.34. The average molecular weight is 233 g/mol. The maximum Gasteiger partial charge on any atom is 0.331 e. The zero-order valence-electron chi connectivity index (χ0n) is 10.8. The first-order valence-corrected chi connectivity index (χ1v) is 5.55. The van der Waals surface area contributed by atoms with Crippen molar-refractivity contribution < 1.29 is 9.53 Å². The van der Waals surface area contributed by atoms with Gasteiger partial charge in [-0.1, -0.05) is 32.9 Å². The van der Waals surface area contributed by atoms with Crippen LogP contribution in [0, 0.1) is 0 Å². The topological polar surface area (TPSA) is 38.3 Å². The van der Waals surface area contributed by atoms with E-state index in [9.17, 15) is 4.79 Å². The van der Waals surface area contributed by atoms with Crippen molar-refractivity contribution in [2.45, 2.75) is 26.2 Å². The highest BCUT2D eigenvalue weighted by Crippen LogP contribution is 2.23. The molecule has 92 valence electrons. The Bertz CT molecular complexity index is 399. The first kappa shape index (κ1) is 13.3. The van der Waals surface area contributed by atoms with Crippen LogP contribution in [0.2, 0.25) is 0 Å². The molecule has 0 aliphatic carbocycles. The Morgan fingerprint density at radius 3 is 2.29 bits per heavy atom. The lowest BCUT2D eigenvalue weighted by atomic mass is 9.87. The third-order valence-corrected chi connectivity index (χ3v) is 2.42. The fraction of sp³-hybridized carbons (Fsp3) is 0.357. The summed E-state index contributed by atoms with van der Waals surface area (Å²) in [4.78, 5) is 10.8. The minimum atomic E-state index is -0.371. The van der Waals surface area contributed by atoms with Crippen molar-refractivity contribution in [3.8, 4) is 0 Å². The maximum absolute atomic E-state index is 10.8. The second-order valence-corrected chi connectivity index (χ2v) is 4.83. The van der Waals surface area contributed by atoms with Gasteiger partial charge in [0.1, 0.15) is 0 Å². The van der Waals surface area contributed by atoms with Crippen LogP contribution in [0.25, 0.3) is 0 Å². The summed E-state index contributed by atoms with van der Waals surface area (Å²) in [6.07, 6.45) is 2.91. The smallest absolute Gasteiger partial charge is 0.331 e. The van der Waals surface area contributed by atoms with Gasteiger partial charge >= 0.3 is 5.97 Å². The molecular formula is C14H19NO2. The van der Waals surface area contributed by atoms with Gasteiger partial charge in [-0.3, -0.25) is 0 Å². The summed E-state index contributed by atoms with van der Waals surface area (Å²) >= 11 is 0. The number of benzene rings is 1. The highest BCUT2D eigenvalue weighted by atomic mass is 16.5. The molecule has 1 aromatic rings. The molecule has 0 spiro atoms. The van der Waals surface area contributed by atoms with E-state index in [1.54, 1.807) is 6.20 Å². The van der Waals surface area contributed by atoms with Crippen LogP contribution in [-0.4, -0.2) is 13.1 Å². The number of hydrogen-bond donors (Lipinski definition) is 1. The fourth-order valence-corrected chi connectivity index (χ4v) is 1.34. The lowest BCUT2D eigenvalue weighted by molar-refractivity contribution is -0.134. The van der Waals surface area contributed by atoms with Crippen LogP contribution >= 0.6 is 0 Å². The Morgan fingerprint density at radius 1 is 1.24 bits per heavy atom.